The molecule has 0 saturated heterocycles. The predicted octanol–water partition coefficient (Wildman–Crippen LogP) is 6.86. The maximum atomic E-state index is 11.4. The predicted molar refractivity (Wildman–Crippen MR) is 201 cm³/mol. The number of fused-ring (bicyclic) bond motifs is 2. The standard InChI is InChI=1S/C18H12N4O2.C12H7BrN4O2.C6H7BO2/c23-22(24)17-11-20-16(12-4-2-1-3-5-12)9-15(17)14-8-13-6-7-19-18(13)21-10-14;13-11-4-9(10(6-15-11)17(18)19)8-3-7-1-2-14-12(7)16-5-8;8-7(9)6-4-2-1-3-5-6/h1-11H,(H,19,21);1-6H,(H,14,16);1-5,8-9H. The fourth-order valence-electron chi connectivity index (χ4n) is 5.19. The van der Waals surface area contributed by atoms with E-state index in [1.54, 1.807) is 61.2 Å². The molecule has 0 unspecified atom stereocenters. The monoisotopic (exact) mass is 756 g/mol. The van der Waals surface area contributed by atoms with E-state index in [1.165, 1.54) is 12.4 Å². The van der Waals surface area contributed by atoms with E-state index in [0.29, 0.717) is 38.0 Å². The largest absolute Gasteiger partial charge is 0.488 e. The van der Waals surface area contributed by atoms with Crippen LogP contribution in [-0.2, 0) is 0 Å². The van der Waals surface area contributed by atoms with Crippen LogP contribution in [0.3, 0.4) is 0 Å². The molecule has 6 heterocycles. The summed E-state index contributed by atoms with van der Waals surface area (Å²) in [5, 5.41) is 41.4. The van der Waals surface area contributed by atoms with Gasteiger partial charge in [0.2, 0.25) is 0 Å². The number of halogens is 1. The molecule has 0 aliphatic carbocycles. The van der Waals surface area contributed by atoms with Crippen LogP contribution in [0.4, 0.5) is 11.4 Å². The van der Waals surface area contributed by atoms with Gasteiger partial charge in [-0.2, -0.15) is 0 Å². The van der Waals surface area contributed by atoms with Crippen LogP contribution in [-0.4, -0.2) is 56.9 Å². The molecule has 14 nitrogen and oxygen atoms in total. The van der Waals surface area contributed by atoms with Gasteiger partial charge in [0, 0.05) is 52.3 Å². The molecular formula is C36H26BBrN8O6. The number of nitrogens with one attached hydrogen (secondary N) is 2. The van der Waals surface area contributed by atoms with Gasteiger partial charge in [-0.1, -0.05) is 60.7 Å². The van der Waals surface area contributed by atoms with Gasteiger partial charge in [0.25, 0.3) is 11.4 Å². The molecule has 8 aromatic rings. The Morgan fingerprint density at radius 1 is 0.596 bits per heavy atom. The summed E-state index contributed by atoms with van der Waals surface area (Å²) in [6.07, 6.45) is 9.35. The first kappa shape index (κ1) is 35.2. The maximum Gasteiger partial charge on any atom is 0.488 e. The summed E-state index contributed by atoms with van der Waals surface area (Å²) >= 11 is 3.22. The number of benzene rings is 2. The summed E-state index contributed by atoms with van der Waals surface area (Å²) in [7, 11) is -1.34. The molecule has 0 aliphatic rings. The number of hydrogen-bond donors (Lipinski definition) is 4. The molecule has 0 aliphatic heterocycles. The van der Waals surface area contributed by atoms with Crippen LogP contribution in [0.25, 0.3) is 55.6 Å². The minimum atomic E-state index is -1.34. The summed E-state index contributed by atoms with van der Waals surface area (Å²) in [6, 6.07) is 29.1. The molecule has 52 heavy (non-hydrogen) atoms. The van der Waals surface area contributed by atoms with Crippen molar-refractivity contribution in [3.8, 4) is 33.5 Å². The number of nitro groups is 2. The molecule has 0 fully saturated rings. The van der Waals surface area contributed by atoms with Crippen molar-refractivity contribution in [3.05, 3.63) is 159 Å². The number of rotatable bonds is 6. The first-order valence-electron chi connectivity index (χ1n) is 15.5. The van der Waals surface area contributed by atoms with Crippen molar-refractivity contribution >= 4 is 62.0 Å². The highest BCUT2D eigenvalue weighted by atomic mass is 79.9. The minimum absolute atomic E-state index is 0.0358. The van der Waals surface area contributed by atoms with E-state index in [9.17, 15) is 20.2 Å². The molecule has 0 radical (unpaired) electrons. The maximum absolute atomic E-state index is 11.4. The van der Waals surface area contributed by atoms with Gasteiger partial charge < -0.3 is 20.0 Å². The number of H-pyrrole nitrogens is 2. The Bertz CT molecular complexity index is 2500. The Morgan fingerprint density at radius 2 is 1.10 bits per heavy atom. The van der Waals surface area contributed by atoms with Crippen LogP contribution in [0.1, 0.15) is 0 Å². The fraction of sp³-hybridized carbons (Fsp3) is 0. The smallest absolute Gasteiger partial charge is 0.423 e. The van der Waals surface area contributed by atoms with Crippen LogP contribution in [0, 0.1) is 20.2 Å². The minimum Gasteiger partial charge on any atom is -0.423 e. The normalized spacial score (nSPS) is 10.5. The number of aromatic nitrogens is 6. The van der Waals surface area contributed by atoms with E-state index in [0.717, 1.165) is 27.6 Å². The van der Waals surface area contributed by atoms with Crippen LogP contribution in [0.5, 0.6) is 0 Å². The molecule has 8 rings (SSSR count). The van der Waals surface area contributed by atoms with Crippen molar-refractivity contribution in [1.29, 1.82) is 0 Å². The van der Waals surface area contributed by atoms with Gasteiger partial charge in [0.15, 0.2) is 0 Å². The lowest BCUT2D eigenvalue weighted by Crippen LogP contribution is -2.29. The Labute approximate surface area is 303 Å². The van der Waals surface area contributed by atoms with Crippen molar-refractivity contribution < 1.29 is 19.9 Å². The average Bonchev–Trinajstić information content (AvgIpc) is 3.85. The average molecular weight is 757 g/mol. The number of aromatic amines is 2. The molecule has 0 spiro atoms. The zero-order chi connectivity index (χ0) is 36.6. The zero-order valence-corrected chi connectivity index (χ0v) is 28.5. The Morgan fingerprint density at radius 3 is 1.60 bits per heavy atom. The van der Waals surface area contributed by atoms with Crippen LogP contribution in [0.2, 0.25) is 0 Å². The summed E-state index contributed by atoms with van der Waals surface area (Å²) < 4.78 is 0.544. The highest BCUT2D eigenvalue weighted by molar-refractivity contribution is 9.10. The molecular weight excluding hydrogens is 731 g/mol. The zero-order valence-electron chi connectivity index (χ0n) is 26.9. The van der Waals surface area contributed by atoms with Gasteiger partial charge in [-0.3, -0.25) is 20.2 Å². The van der Waals surface area contributed by atoms with Crippen molar-refractivity contribution in [3.63, 3.8) is 0 Å². The molecule has 0 saturated carbocycles. The van der Waals surface area contributed by atoms with E-state index < -0.39 is 17.0 Å². The van der Waals surface area contributed by atoms with Gasteiger partial charge >= 0.3 is 7.12 Å². The summed E-state index contributed by atoms with van der Waals surface area (Å²) in [6.45, 7) is 0. The van der Waals surface area contributed by atoms with Crippen molar-refractivity contribution in [2.45, 2.75) is 0 Å². The van der Waals surface area contributed by atoms with E-state index in [1.807, 2.05) is 60.7 Å². The second-order valence-electron chi connectivity index (χ2n) is 11.1. The van der Waals surface area contributed by atoms with Crippen LogP contribution in [0.15, 0.2) is 139 Å². The Balaban J connectivity index is 0.000000147. The van der Waals surface area contributed by atoms with E-state index in [4.69, 9.17) is 10.0 Å². The SMILES string of the molecule is O=[N+]([O-])c1cnc(-c2ccccc2)cc1-c1cnc2[nH]ccc2c1.O=[N+]([O-])c1cnc(Br)cc1-c1cnc2[nH]ccc2c1.OB(O)c1ccccc1. The molecule has 2 aromatic carbocycles. The molecule has 4 N–H and O–H groups in total. The van der Waals surface area contributed by atoms with Gasteiger partial charge in [-0.25, -0.2) is 19.9 Å². The summed E-state index contributed by atoms with van der Waals surface area (Å²) in [4.78, 5) is 44.3. The quantitative estimate of drug-likeness (QED) is 0.0599. The lowest BCUT2D eigenvalue weighted by atomic mass is 9.81. The summed E-state index contributed by atoms with van der Waals surface area (Å²) in [5.74, 6) is 0. The van der Waals surface area contributed by atoms with E-state index in [2.05, 4.69) is 45.8 Å². The van der Waals surface area contributed by atoms with E-state index >= 15 is 0 Å². The molecule has 6 aromatic heterocycles. The van der Waals surface area contributed by atoms with Gasteiger partial charge in [-0.05, 0) is 57.8 Å². The second kappa shape index (κ2) is 15.9. The van der Waals surface area contributed by atoms with Crippen molar-refractivity contribution in [2.24, 2.45) is 0 Å². The Kier molecular flexibility index (Phi) is 10.8. The molecule has 16 heteroatoms. The Hall–Kier alpha value is -6.62. The number of hydrogen-bond acceptors (Lipinski definition) is 10. The van der Waals surface area contributed by atoms with Crippen LogP contribution < -0.4 is 5.46 Å². The molecule has 256 valence electrons. The first-order chi connectivity index (χ1) is 25.2. The highest BCUT2D eigenvalue weighted by Gasteiger charge is 2.19. The third-order valence-corrected chi connectivity index (χ3v) is 8.15. The van der Waals surface area contributed by atoms with Gasteiger partial charge in [0.1, 0.15) is 28.3 Å². The highest BCUT2D eigenvalue weighted by Crippen LogP contribution is 2.34. The lowest BCUT2D eigenvalue weighted by molar-refractivity contribution is -0.384. The summed E-state index contributed by atoms with van der Waals surface area (Å²) in [5.41, 5.74) is 5.90. The number of nitrogens with zero attached hydrogens (tertiary/aromatic N) is 6. The van der Waals surface area contributed by atoms with Crippen LogP contribution >= 0.6 is 15.9 Å². The fourth-order valence-corrected chi connectivity index (χ4v) is 5.52. The van der Waals surface area contributed by atoms with Crippen molar-refractivity contribution in [1.82, 2.24) is 29.9 Å². The third-order valence-electron chi connectivity index (χ3n) is 7.72. The van der Waals surface area contributed by atoms with Crippen molar-refractivity contribution in [2.75, 3.05) is 0 Å². The second-order valence-corrected chi connectivity index (χ2v) is 11.9. The lowest BCUT2D eigenvalue weighted by Gasteiger charge is -2.06. The number of pyridine rings is 4. The molecule has 0 amide bonds. The first-order valence-corrected chi connectivity index (χ1v) is 16.2. The van der Waals surface area contributed by atoms with Gasteiger partial charge in [-0.15, -0.1) is 0 Å². The molecule has 0 atom stereocenters. The molecule has 0 bridgehead atoms. The van der Waals surface area contributed by atoms with E-state index in [-0.39, 0.29) is 11.4 Å². The van der Waals surface area contributed by atoms with Gasteiger partial charge in [0.05, 0.1) is 26.7 Å². The third kappa shape index (κ3) is 8.22. The topological polar surface area (TPSA) is 210 Å².